The number of furan rings is 1. The van der Waals surface area contributed by atoms with Crippen molar-refractivity contribution in [2.45, 2.75) is 26.3 Å². The van der Waals surface area contributed by atoms with Gasteiger partial charge in [0.05, 0.1) is 12.3 Å². The van der Waals surface area contributed by atoms with E-state index in [2.05, 4.69) is 53.3 Å². The number of rotatable bonds is 5. The van der Waals surface area contributed by atoms with Crippen LogP contribution >= 0.6 is 15.9 Å². The first-order chi connectivity index (χ1) is 8.74. The maximum atomic E-state index is 5.56. The largest absolute Gasteiger partial charge is 0.467 e. The molecule has 1 unspecified atom stereocenters. The molecule has 2 nitrogen and oxygen atoms in total. The number of hydrogen-bond donors (Lipinski definition) is 1. The second-order valence-corrected chi connectivity index (χ2v) is 5.21. The van der Waals surface area contributed by atoms with E-state index < -0.39 is 0 Å². The van der Waals surface area contributed by atoms with E-state index in [1.165, 1.54) is 11.1 Å². The molecule has 0 saturated carbocycles. The second-order valence-electron chi connectivity index (χ2n) is 4.36. The van der Waals surface area contributed by atoms with Crippen LogP contribution in [0.25, 0.3) is 0 Å². The predicted molar refractivity (Wildman–Crippen MR) is 77.7 cm³/mol. The standard InChI is InChI=1S/C15H18BrNO/c1-3-9-17-15(14-8-5-10-18-14)12-6-4-7-13(16)11(12)2/h4-8,10,15,17H,3,9H2,1-2H3. The average Bonchev–Trinajstić information content (AvgIpc) is 2.88. The van der Waals surface area contributed by atoms with Crippen molar-refractivity contribution >= 4 is 15.9 Å². The van der Waals surface area contributed by atoms with E-state index in [-0.39, 0.29) is 6.04 Å². The minimum Gasteiger partial charge on any atom is -0.467 e. The van der Waals surface area contributed by atoms with E-state index in [1.54, 1.807) is 6.26 Å². The highest BCUT2D eigenvalue weighted by Crippen LogP contribution is 2.29. The number of halogens is 1. The molecule has 1 N–H and O–H groups in total. The molecule has 0 amide bonds. The molecule has 18 heavy (non-hydrogen) atoms. The van der Waals surface area contributed by atoms with Gasteiger partial charge in [0.2, 0.25) is 0 Å². The minimum atomic E-state index is 0.123. The quantitative estimate of drug-likeness (QED) is 0.883. The third-order valence-electron chi connectivity index (χ3n) is 3.05. The van der Waals surface area contributed by atoms with Gasteiger partial charge in [0.15, 0.2) is 0 Å². The molecule has 1 aromatic heterocycles. The van der Waals surface area contributed by atoms with Crippen LogP contribution < -0.4 is 5.32 Å². The van der Waals surface area contributed by atoms with Crippen LogP contribution in [-0.4, -0.2) is 6.54 Å². The fourth-order valence-electron chi connectivity index (χ4n) is 2.04. The predicted octanol–water partition coefficient (Wildman–Crippen LogP) is 4.44. The van der Waals surface area contributed by atoms with E-state index in [0.29, 0.717) is 0 Å². The molecular weight excluding hydrogens is 290 g/mol. The molecule has 0 aliphatic heterocycles. The Morgan fingerprint density at radius 1 is 1.28 bits per heavy atom. The van der Waals surface area contributed by atoms with Crippen LogP contribution in [0.15, 0.2) is 45.5 Å². The Hall–Kier alpha value is -1.06. The van der Waals surface area contributed by atoms with Crippen LogP contribution in [0.1, 0.15) is 36.3 Å². The molecule has 96 valence electrons. The lowest BCUT2D eigenvalue weighted by molar-refractivity contribution is 0.445. The van der Waals surface area contributed by atoms with Crippen LogP contribution in [0.3, 0.4) is 0 Å². The Morgan fingerprint density at radius 3 is 2.78 bits per heavy atom. The van der Waals surface area contributed by atoms with E-state index in [9.17, 15) is 0 Å². The molecular formula is C15H18BrNO. The van der Waals surface area contributed by atoms with Crippen molar-refractivity contribution in [3.8, 4) is 0 Å². The zero-order valence-electron chi connectivity index (χ0n) is 10.7. The van der Waals surface area contributed by atoms with Gasteiger partial charge < -0.3 is 9.73 Å². The van der Waals surface area contributed by atoms with Gasteiger partial charge in [-0.1, -0.05) is 35.0 Å². The van der Waals surface area contributed by atoms with Crippen molar-refractivity contribution in [1.29, 1.82) is 0 Å². The summed E-state index contributed by atoms with van der Waals surface area (Å²) >= 11 is 3.59. The number of nitrogens with one attached hydrogen (secondary N) is 1. The fourth-order valence-corrected chi connectivity index (χ4v) is 2.43. The first kappa shape index (κ1) is 13.4. The molecule has 3 heteroatoms. The summed E-state index contributed by atoms with van der Waals surface area (Å²) in [5.74, 6) is 0.963. The molecule has 2 aromatic rings. The highest BCUT2D eigenvalue weighted by molar-refractivity contribution is 9.10. The Morgan fingerprint density at radius 2 is 2.11 bits per heavy atom. The van der Waals surface area contributed by atoms with Gasteiger partial charge in [-0.05, 0) is 49.2 Å². The summed E-state index contributed by atoms with van der Waals surface area (Å²) in [5, 5.41) is 3.54. The molecule has 1 aromatic carbocycles. The van der Waals surface area contributed by atoms with Gasteiger partial charge in [-0.25, -0.2) is 0 Å². The Kier molecular flexibility index (Phi) is 4.61. The van der Waals surface area contributed by atoms with Gasteiger partial charge in [0, 0.05) is 4.47 Å². The molecule has 0 bridgehead atoms. The summed E-state index contributed by atoms with van der Waals surface area (Å²) < 4.78 is 6.70. The van der Waals surface area contributed by atoms with Gasteiger partial charge in [-0.3, -0.25) is 0 Å². The normalized spacial score (nSPS) is 12.6. The van der Waals surface area contributed by atoms with Crippen molar-refractivity contribution in [2.24, 2.45) is 0 Å². The van der Waals surface area contributed by atoms with E-state index in [4.69, 9.17) is 4.42 Å². The van der Waals surface area contributed by atoms with Gasteiger partial charge in [-0.15, -0.1) is 0 Å². The fraction of sp³-hybridized carbons (Fsp3) is 0.333. The first-order valence-electron chi connectivity index (χ1n) is 6.25. The molecule has 0 aliphatic rings. The van der Waals surface area contributed by atoms with Crippen molar-refractivity contribution in [3.05, 3.63) is 58.0 Å². The third-order valence-corrected chi connectivity index (χ3v) is 3.91. The SMILES string of the molecule is CCCNC(c1ccco1)c1cccc(Br)c1C. The molecule has 1 atom stereocenters. The summed E-state index contributed by atoms with van der Waals surface area (Å²) in [6.45, 7) is 5.26. The minimum absolute atomic E-state index is 0.123. The molecule has 2 rings (SSSR count). The highest BCUT2D eigenvalue weighted by Gasteiger charge is 2.18. The summed E-state index contributed by atoms with van der Waals surface area (Å²) in [6, 6.07) is 10.4. The third kappa shape index (κ3) is 2.85. The van der Waals surface area contributed by atoms with Crippen molar-refractivity contribution in [3.63, 3.8) is 0 Å². The Balaban J connectivity index is 2.37. The first-order valence-corrected chi connectivity index (χ1v) is 7.05. The molecule has 0 saturated heterocycles. The smallest absolute Gasteiger partial charge is 0.125 e. The second kappa shape index (κ2) is 6.21. The molecule has 0 fully saturated rings. The lowest BCUT2D eigenvalue weighted by atomic mass is 9.99. The summed E-state index contributed by atoms with van der Waals surface area (Å²) in [7, 11) is 0. The van der Waals surface area contributed by atoms with Crippen LogP contribution in [0.5, 0.6) is 0 Å². The summed E-state index contributed by atoms with van der Waals surface area (Å²) in [6.07, 6.45) is 2.83. The van der Waals surface area contributed by atoms with E-state index in [0.717, 1.165) is 23.2 Å². The van der Waals surface area contributed by atoms with Crippen LogP contribution in [0, 0.1) is 6.92 Å². The Labute approximate surface area is 117 Å². The highest BCUT2D eigenvalue weighted by atomic mass is 79.9. The number of benzene rings is 1. The van der Waals surface area contributed by atoms with Gasteiger partial charge >= 0.3 is 0 Å². The lowest BCUT2D eigenvalue weighted by Gasteiger charge is -2.19. The molecule has 0 aliphatic carbocycles. The summed E-state index contributed by atoms with van der Waals surface area (Å²) in [5.41, 5.74) is 2.51. The summed E-state index contributed by atoms with van der Waals surface area (Å²) in [4.78, 5) is 0. The maximum absolute atomic E-state index is 5.56. The van der Waals surface area contributed by atoms with E-state index >= 15 is 0 Å². The van der Waals surface area contributed by atoms with Crippen molar-refractivity contribution < 1.29 is 4.42 Å². The van der Waals surface area contributed by atoms with Gasteiger partial charge in [0.1, 0.15) is 5.76 Å². The zero-order chi connectivity index (χ0) is 13.0. The molecule has 0 radical (unpaired) electrons. The Bertz CT molecular complexity index is 493. The molecule has 0 spiro atoms. The monoisotopic (exact) mass is 307 g/mol. The molecule has 1 heterocycles. The van der Waals surface area contributed by atoms with Crippen LogP contribution in [0.2, 0.25) is 0 Å². The van der Waals surface area contributed by atoms with Crippen LogP contribution in [-0.2, 0) is 0 Å². The van der Waals surface area contributed by atoms with E-state index in [1.807, 2.05) is 12.1 Å². The van der Waals surface area contributed by atoms with Gasteiger partial charge in [0.25, 0.3) is 0 Å². The van der Waals surface area contributed by atoms with Gasteiger partial charge in [-0.2, -0.15) is 0 Å². The van der Waals surface area contributed by atoms with Crippen molar-refractivity contribution in [2.75, 3.05) is 6.54 Å². The maximum Gasteiger partial charge on any atom is 0.125 e. The van der Waals surface area contributed by atoms with Crippen molar-refractivity contribution in [1.82, 2.24) is 5.32 Å². The zero-order valence-corrected chi connectivity index (χ0v) is 12.3. The average molecular weight is 308 g/mol. The number of hydrogen-bond acceptors (Lipinski definition) is 2. The lowest BCUT2D eigenvalue weighted by Crippen LogP contribution is -2.23. The topological polar surface area (TPSA) is 25.2 Å². The van der Waals surface area contributed by atoms with Crippen LogP contribution in [0.4, 0.5) is 0 Å².